The molecule has 1 unspecified atom stereocenters. The van der Waals surface area contributed by atoms with Gasteiger partial charge in [-0.05, 0) is 42.3 Å². The Kier molecular flexibility index (Phi) is 6.16. The molecule has 0 saturated heterocycles. The van der Waals surface area contributed by atoms with Crippen LogP contribution >= 0.6 is 0 Å². The molecule has 2 aromatic heterocycles. The fourth-order valence-electron chi connectivity index (χ4n) is 2.63. The Hall–Kier alpha value is -3.36. The third-order valence-corrected chi connectivity index (χ3v) is 4.19. The molecule has 0 aliphatic rings. The highest BCUT2D eigenvalue weighted by Gasteiger charge is 2.22. The third kappa shape index (κ3) is 4.56. The molecule has 1 aromatic carbocycles. The van der Waals surface area contributed by atoms with E-state index in [0.29, 0.717) is 17.1 Å². The number of halogens is 4. The van der Waals surface area contributed by atoms with Crippen LogP contribution in [0.5, 0.6) is 11.5 Å². The summed E-state index contributed by atoms with van der Waals surface area (Å²) in [5.74, 6) is -5.80. The second kappa shape index (κ2) is 8.76. The van der Waals surface area contributed by atoms with Gasteiger partial charge in [0.2, 0.25) is 11.6 Å². The lowest BCUT2D eigenvalue weighted by Crippen LogP contribution is -2.13. The Morgan fingerprint density at radius 1 is 0.966 bits per heavy atom. The fourth-order valence-corrected chi connectivity index (χ4v) is 2.63. The number of nitrogens with zero attached hydrogens (tertiary/aromatic N) is 2. The molecule has 0 amide bonds. The lowest BCUT2D eigenvalue weighted by Gasteiger charge is -2.19. The first-order valence-electron chi connectivity index (χ1n) is 8.57. The van der Waals surface area contributed by atoms with Crippen molar-refractivity contribution in [2.45, 2.75) is 19.6 Å². The Labute approximate surface area is 164 Å². The van der Waals surface area contributed by atoms with Gasteiger partial charge >= 0.3 is 0 Å². The van der Waals surface area contributed by atoms with E-state index in [9.17, 15) is 17.6 Å². The number of ether oxygens (including phenoxy) is 2. The maximum absolute atomic E-state index is 13.8. The Bertz CT molecular complexity index is 977. The van der Waals surface area contributed by atoms with E-state index in [2.05, 4.69) is 15.3 Å². The molecule has 29 heavy (non-hydrogen) atoms. The summed E-state index contributed by atoms with van der Waals surface area (Å²) in [7, 11) is 1.45. The number of rotatable bonds is 7. The van der Waals surface area contributed by atoms with E-state index >= 15 is 0 Å². The topological polar surface area (TPSA) is 56.3 Å². The summed E-state index contributed by atoms with van der Waals surface area (Å²) in [5, 5.41) is 2.43. The molecule has 5 nitrogen and oxygen atoms in total. The molecule has 1 N–H and O–H groups in total. The first-order valence-corrected chi connectivity index (χ1v) is 8.57. The minimum Gasteiger partial charge on any atom is -0.493 e. The van der Waals surface area contributed by atoms with Crippen LogP contribution < -0.4 is 14.8 Å². The second-order valence-corrected chi connectivity index (χ2v) is 6.12. The summed E-state index contributed by atoms with van der Waals surface area (Å²) in [6, 6.07) is 7.79. The van der Waals surface area contributed by atoms with E-state index in [0.717, 1.165) is 5.56 Å². The van der Waals surface area contributed by atoms with Crippen molar-refractivity contribution in [1.29, 1.82) is 0 Å². The molecule has 1 atom stereocenters. The van der Waals surface area contributed by atoms with Gasteiger partial charge < -0.3 is 14.8 Å². The lowest BCUT2D eigenvalue weighted by atomic mass is 10.1. The highest BCUT2D eigenvalue weighted by atomic mass is 19.2. The lowest BCUT2D eigenvalue weighted by molar-refractivity contribution is 0.284. The van der Waals surface area contributed by atoms with Crippen molar-refractivity contribution in [2.75, 3.05) is 12.4 Å². The Morgan fingerprint density at radius 2 is 1.62 bits per heavy atom. The largest absolute Gasteiger partial charge is 0.493 e. The van der Waals surface area contributed by atoms with E-state index in [1.165, 1.54) is 7.11 Å². The van der Waals surface area contributed by atoms with Crippen molar-refractivity contribution in [1.82, 2.24) is 9.97 Å². The number of hydrogen-bond acceptors (Lipinski definition) is 5. The summed E-state index contributed by atoms with van der Waals surface area (Å²) in [6.45, 7) is 1.86. The highest BCUT2D eigenvalue weighted by molar-refractivity contribution is 5.50. The smallest absolute Gasteiger partial charge is 0.253 e. The van der Waals surface area contributed by atoms with Gasteiger partial charge in [-0.2, -0.15) is 22.5 Å². The number of pyridine rings is 2. The van der Waals surface area contributed by atoms with Crippen LogP contribution in [-0.2, 0) is 6.61 Å². The highest BCUT2D eigenvalue weighted by Crippen LogP contribution is 2.33. The van der Waals surface area contributed by atoms with Gasteiger partial charge in [0.05, 0.1) is 7.11 Å². The minimum absolute atomic E-state index is 0.290. The number of hydrogen-bond donors (Lipinski definition) is 1. The van der Waals surface area contributed by atoms with Gasteiger partial charge in [-0.25, -0.2) is 0 Å². The van der Waals surface area contributed by atoms with Gasteiger partial charge in [0.15, 0.2) is 11.5 Å². The predicted molar refractivity (Wildman–Crippen MR) is 97.7 cm³/mol. The first kappa shape index (κ1) is 20.4. The van der Waals surface area contributed by atoms with Gasteiger partial charge in [0.25, 0.3) is 11.9 Å². The maximum Gasteiger partial charge on any atom is 0.253 e. The zero-order chi connectivity index (χ0) is 21.0. The van der Waals surface area contributed by atoms with Gasteiger partial charge in [-0.3, -0.25) is 4.98 Å². The van der Waals surface area contributed by atoms with Crippen molar-refractivity contribution < 1.29 is 27.0 Å². The average Bonchev–Trinajstić information content (AvgIpc) is 2.74. The monoisotopic (exact) mass is 407 g/mol. The van der Waals surface area contributed by atoms with Gasteiger partial charge in [-0.1, -0.05) is 6.07 Å². The Balaban J connectivity index is 1.79. The van der Waals surface area contributed by atoms with Crippen LogP contribution in [0.15, 0.2) is 42.7 Å². The van der Waals surface area contributed by atoms with Crippen molar-refractivity contribution in [3.05, 3.63) is 77.4 Å². The van der Waals surface area contributed by atoms with Crippen LogP contribution in [-0.4, -0.2) is 17.1 Å². The van der Waals surface area contributed by atoms with Crippen molar-refractivity contribution in [3.8, 4) is 11.5 Å². The molecule has 0 fully saturated rings. The molecule has 0 radical (unpaired) electrons. The molecular formula is C20H17F4N3O2. The fraction of sp³-hybridized carbons (Fsp3) is 0.200. The SMILES string of the molecule is COc1cc(C(C)Nc2c(F)c(F)nc(F)c2F)ccc1OCc1ccncc1. The zero-order valence-electron chi connectivity index (χ0n) is 15.5. The number of anilines is 1. The molecule has 3 aromatic rings. The standard InChI is InChI=1S/C20H17F4N3O2/c1-11(26-18-16(21)19(23)27-20(24)17(18)22)13-3-4-14(15(9-13)28-2)29-10-12-5-7-25-8-6-12/h3-9,11H,10H2,1-2H3,(H,26,27). The van der Waals surface area contributed by atoms with Crippen LogP contribution in [0.3, 0.4) is 0 Å². The number of methoxy groups -OCH3 is 1. The van der Waals surface area contributed by atoms with Crippen LogP contribution in [0.25, 0.3) is 0 Å². The molecule has 9 heteroatoms. The van der Waals surface area contributed by atoms with Gasteiger partial charge in [0, 0.05) is 18.4 Å². The number of aromatic nitrogens is 2. The summed E-state index contributed by atoms with van der Waals surface area (Å²) in [4.78, 5) is 6.47. The van der Waals surface area contributed by atoms with Crippen LogP contribution in [0.4, 0.5) is 23.2 Å². The molecular weight excluding hydrogens is 390 g/mol. The molecule has 152 valence electrons. The summed E-state index contributed by atoms with van der Waals surface area (Å²) < 4.78 is 65.3. The second-order valence-electron chi connectivity index (χ2n) is 6.12. The third-order valence-electron chi connectivity index (χ3n) is 4.19. The minimum atomic E-state index is -1.73. The van der Waals surface area contributed by atoms with Crippen molar-refractivity contribution >= 4 is 5.69 Å². The zero-order valence-corrected chi connectivity index (χ0v) is 15.5. The van der Waals surface area contributed by atoms with Crippen molar-refractivity contribution in [3.63, 3.8) is 0 Å². The molecule has 0 spiro atoms. The van der Waals surface area contributed by atoms with E-state index in [1.54, 1.807) is 37.5 Å². The molecule has 0 bridgehead atoms. The average molecular weight is 407 g/mol. The van der Waals surface area contributed by atoms with Gasteiger partial charge in [0.1, 0.15) is 12.3 Å². The first-order chi connectivity index (χ1) is 13.9. The van der Waals surface area contributed by atoms with Crippen LogP contribution in [0.2, 0.25) is 0 Å². The van der Waals surface area contributed by atoms with E-state index in [1.807, 2.05) is 12.1 Å². The quantitative estimate of drug-likeness (QED) is 0.451. The van der Waals surface area contributed by atoms with E-state index in [4.69, 9.17) is 9.47 Å². The molecule has 2 heterocycles. The number of nitrogens with one attached hydrogen (secondary N) is 1. The normalized spacial score (nSPS) is 11.8. The Morgan fingerprint density at radius 3 is 2.24 bits per heavy atom. The summed E-state index contributed by atoms with van der Waals surface area (Å²) in [5.41, 5.74) is 0.530. The molecule has 0 aliphatic carbocycles. The van der Waals surface area contributed by atoms with Gasteiger partial charge in [-0.15, -0.1) is 0 Å². The summed E-state index contributed by atoms with van der Waals surface area (Å²) >= 11 is 0. The van der Waals surface area contributed by atoms with Crippen LogP contribution in [0, 0.1) is 23.5 Å². The van der Waals surface area contributed by atoms with Crippen molar-refractivity contribution in [2.24, 2.45) is 0 Å². The van der Waals surface area contributed by atoms with E-state index < -0.39 is 35.3 Å². The molecule has 0 aliphatic heterocycles. The maximum atomic E-state index is 13.8. The molecule has 0 saturated carbocycles. The van der Waals surface area contributed by atoms with E-state index in [-0.39, 0.29) is 6.61 Å². The van der Waals surface area contributed by atoms with Crippen LogP contribution in [0.1, 0.15) is 24.1 Å². The predicted octanol–water partition coefficient (Wildman–Crippen LogP) is 4.79. The summed E-state index contributed by atoms with van der Waals surface area (Å²) in [6.07, 6.45) is 3.30. The number of benzene rings is 1. The molecule has 3 rings (SSSR count).